The van der Waals surface area contributed by atoms with Crippen LogP contribution in [0.5, 0.6) is 0 Å². The summed E-state index contributed by atoms with van der Waals surface area (Å²) >= 11 is 0. The van der Waals surface area contributed by atoms with Crippen molar-refractivity contribution >= 4 is 11.7 Å². The van der Waals surface area contributed by atoms with Crippen LogP contribution in [-0.2, 0) is 0 Å². The number of azide groups is 1. The molecule has 6 heteroatoms. The molecule has 0 spiro atoms. The van der Waals surface area contributed by atoms with Crippen molar-refractivity contribution in [2.75, 3.05) is 12.3 Å². The Morgan fingerprint density at radius 1 is 1.59 bits per heavy atom. The van der Waals surface area contributed by atoms with E-state index in [4.69, 9.17) is 16.4 Å². The number of nitrogens with two attached hydrogens (primary N) is 1. The molecule has 0 bridgehead atoms. The zero-order valence-electron chi connectivity index (χ0n) is 8.92. The summed E-state index contributed by atoms with van der Waals surface area (Å²) in [5.74, 6) is 4.32. The molecule has 0 aliphatic rings. The quantitative estimate of drug-likeness (QED) is 0.207. The second kappa shape index (κ2) is 6.05. The number of hydrogen-bond donors (Lipinski definition) is 2. The van der Waals surface area contributed by atoms with Gasteiger partial charge in [-0.05, 0) is 17.7 Å². The number of carbonyl (C=O) groups is 1. The Morgan fingerprint density at radius 3 is 3.00 bits per heavy atom. The Kier molecular flexibility index (Phi) is 4.43. The van der Waals surface area contributed by atoms with Crippen molar-refractivity contribution in [1.82, 2.24) is 0 Å². The topological polar surface area (TPSA) is 112 Å². The fraction of sp³-hybridized carbons (Fsp3) is 0.182. The van der Waals surface area contributed by atoms with Crippen molar-refractivity contribution < 1.29 is 9.90 Å². The van der Waals surface area contributed by atoms with Crippen molar-refractivity contribution in [3.05, 3.63) is 39.8 Å². The average molecular weight is 230 g/mol. The first-order valence-electron chi connectivity index (χ1n) is 4.78. The molecule has 1 aromatic carbocycles. The summed E-state index contributed by atoms with van der Waals surface area (Å²) in [6.45, 7) is 0.258. The molecule has 0 heterocycles. The highest BCUT2D eigenvalue weighted by molar-refractivity contribution is 5.96. The molecule has 1 aromatic rings. The summed E-state index contributed by atoms with van der Waals surface area (Å²) in [4.78, 5) is 13.5. The second-order valence-corrected chi connectivity index (χ2v) is 3.08. The average Bonchev–Trinajstić information content (AvgIpc) is 2.28. The molecule has 17 heavy (non-hydrogen) atoms. The van der Waals surface area contributed by atoms with Crippen LogP contribution in [0.15, 0.2) is 23.3 Å². The maximum atomic E-state index is 11.0. The smallest absolute Gasteiger partial charge is 0.339 e. The summed E-state index contributed by atoms with van der Waals surface area (Å²) in [7, 11) is 0. The molecular weight excluding hydrogens is 220 g/mol. The standard InChI is InChI=1S/C11H10N4O2/c12-9-6-3-5-8(10(9)11(16)17)4-1-2-7-14-15-13/h3,5-6H,2,7,12H2,(H,16,17). The van der Waals surface area contributed by atoms with Crippen LogP contribution in [0.3, 0.4) is 0 Å². The zero-order valence-corrected chi connectivity index (χ0v) is 8.92. The third kappa shape index (κ3) is 3.45. The Hall–Kier alpha value is -2.64. The molecule has 0 aliphatic heterocycles. The maximum absolute atomic E-state index is 11.0. The molecule has 0 atom stereocenters. The van der Waals surface area contributed by atoms with Crippen LogP contribution in [-0.4, -0.2) is 17.6 Å². The molecule has 0 fully saturated rings. The number of carboxylic acid groups (broad SMARTS) is 1. The molecule has 0 amide bonds. The fourth-order valence-corrected chi connectivity index (χ4v) is 1.22. The monoisotopic (exact) mass is 230 g/mol. The van der Waals surface area contributed by atoms with Crippen molar-refractivity contribution in [2.24, 2.45) is 5.11 Å². The molecule has 0 radical (unpaired) electrons. The molecular formula is C11H10N4O2. The Morgan fingerprint density at radius 2 is 2.35 bits per heavy atom. The SMILES string of the molecule is [N-]=[N+]=NCCC#Cc1cccc(N)c1C(=O)O. The number of hydrogen-bond acceptors (Lipinski definition) is 3. The number of aromatic carboxylic acids is 1. The number of rotatable bonds is 3. The summed E-state index contributed by atoms with van der Waals surface area (Å²) in [6, 6.07) is 4.73. The van der Waals surface area contributed by atoms with Gasteiger partial charge < -0.3 is 10.8 Å². The molecule has 86 valence electrons. The summed E-state index contributed by atoms with van der Waals surface area (Å²) in [5.41, 5.74) is 14.2. The molecule has 3 N–H and O–H groups in total. The number of carboxylic acids is 1. The number of anilines is 1. The lowest BCUT2D eigenvalue weighted by Crippen LogP contribution is -2.05. The summed E-state index contributed by atoms with van der Waals surface area (Å²) in [6.07, 6.45) is 0.373. The third-order valence-corrected chi connectivity index (χ3v) is 1.93. The van der Waals surface area contributed by atoms with Gasteiger partial charge in [0.1, 0.15) is 0 Å². The van der Waals surface area contributed by atoms with E-state index in [2.05, 4.69) is 21.9 Å². The van der Waals surface area contributed by atoms with E-state index < -0.39 is 5.97 Å². The van der Waals surface area contributed by atoms with E-state index in [1.54, 1.807) is 12.1 Å². The second-order valence-electron chi connectivity index (χ2n) is 3.08. The number of nitrogens with zero attached hydrogens (tertiary/aromatic N) is 3. The lowest BCUT2D eigenvalue weighted by molar-refractivity contribution is 0.0698. The van der Waals surface area contributed by atoms with Crippen LogP contribution in [0.1, 0.15) is 22.3 Å². The van der Waals surface area contributed by atoms with Crippen molar-refractivity contribution in [3.8, 4) is 11.8 Å². The van der Waals surface area contributed by atoms with Crippen LogP contribution in [0.25, 0.3) is 10.4 Å². The van der Waals surface area contributed by atoms with E-state index >= 15 is 0 Å². The molecule has 0 aliphatic carbocycles. The zero-order chi connectivity index (χ0) is 12.7. The summed E-state index contributed by atoms with van der Waals surface area (Å²) < 4.78 is 0. The minimum atomic E-state index is -1.11. The van der Waals surface area contributed by atoms with Crippen LogP contribution in [0, 0.1) is 11.8 Å². The Labute approximate surface area is 97.7 Å². The Balaban J connectivity index is 2.94. The van der Waals surface area contributed by atoms with E-state index in [1.165, 1.54) is 6.07 Å². The van der Waals surface area contributed by atoms with Crippen LogP contribution >= 0.6 is 0 Å². The fourth-order valence-electron chi connectivity index (χ4n) is 1.22. The first-order chi connectivity index (χ1) is 8.16. The van der Waals surface area contributed by atoms with Crippen molar-refractivity contribution in [3.63, 3.8) is 0 Å². The van der Waals surface area contributed by atoms with Gasteiger partial charge in [-0.2, -0.15) is 0 Å². The highest BCUT2D eigenvalue weighted by Gasteiger charge is 2.11. The van der Waals surface area contributed by atoms with Gasteiger partial charge in [0.2, 0.25) is 0 Å². The van der Waals surface area contributed by atoms with Gasteiger partial charge in [0, 0.05) is 29.1 Å². The molecule has 0 aromatic heterocycles. The minimum absolute atomic E-state index is 0.00350. The number of nitrogen functional groups attached to an aromatic ring is 1. The van der Waals surface area contributed by atoms with E-state index in [-0.39, 0.29) is 17.8 Å². The van der Waals surface area contributed by atoms with Gasteiger partial charge in [-0.15, -0.1) is 0 Å². The highest BCUT2D eigenvalue weighted by Crippen LogP contribution is 2.15. The van der Waals surface area contributed by atoms with Gasteiger partial charge in [-0.1, -0.05) is 23.0 Å². The summed E-state index contributed by atoms with van der Waals surface area (Å²) in [5, 5.41) is 12.3. The molecule has 0 saturated heterocycles. The largest absolute Gasteiger partial charge is 0.478 e. The predicted octanol–water partition coefficient (Wildman–Crippen LogP) is 2.02. The normalized spacial score (nSPS) is 8.71. The van der Waals surface area contributed by atoms with Crippen molar-refractivity contribution in [1.29, 1.82) is 0 Å². The first kappa shape index (κ1) is 12.4. The third-order valence-electron chi connectivity index (χ3n) is 1.93. The molecule has 0 saturated carbocycles. The lowest BCUT2D eigenvalue weighted by Gasteiger charge is -2.02. The van der Waals surface area contributed by atoms with E-state index in [9.17, 15) is 4.79 Å². The van der Waals surface area contributed by atoms with Gasteiger partial charge >= 0.3 is 5.97 Å². The van der Waals surface area contributed by atoms with Crippen LogP contribution in [0.2, 0.25) is 0 Å². The van der Waals surface area contributed by atoms with Gasteiger partial charge in [0.25, 0.3) is 0 Å². The predicted molar refractivity (Wildman–Crippen MR) is 63.3 cm³/mol. The van der Waals surface area contributed by atoms with Gasteiger partial charge in [-0.25, -0.2) is 4.79 Å². The van der Waals surface area contributed by atoms with Gasteiger partial charge in [0.15, 0.2) is 0 Å². The molecule has 1 rings (SSSR count). The van der Waals surface area contributed by atoms with Crippen molar-refractivity contribution in [2.45, 2.75) is 6.42 Å². The first-order valence-corrected chi connectivity index (χ1v) is 4.78. The molecule has 0 unspecified atom stereocenters. The van der Waals surface area contributed by atoms with Crippen LogP contribution < -0.4 is 5.73 Å². The maximum Gasteiger partial charge on any atom is 0.339 e. The Bertz CT molecular complexity index is 536. The lowest BCUT2D eigenvalue weighted by atomic mass is 10.1. The minimum Gasteiger partial charge on any atom is -0.478 e. The number of benzene rings is 1. The van der Waals surface area contributed by atoms with Gasteiger partial charge in [0.05, 0.1) is 5.56 Å². The van der Waals surface area contributed by atoms with Gasteiger partial charge in [-0.3, -0.25) is 0 Å². The van der Waals surface area contributed by atoms with Crippen LogP contribution in [0.4, 0.5) is 5.69 Å². The van der Waals surface area contributed by atoms with E-state index in [0.29, 0.717) is 12.0 Å². The van der Waals surface area contributed by atoms with E-state index in [0.717, 1.165) is 0 Å². The molecule has 6 nitrogen and oxygen atoms in total. The highest BCUT2D eigenvalue weighted by atomic mass is 16.4. The van der Waals surface area contributed by atoms with E-state index in [1.807, 2.05) is 0 Å².